The third kappa shape index (κ3) is 2.71. The average molecular weight is 284 g/mol. The Morgan fingerprint density at radius 1 is 1.33 bits per heavy atom. The van der Waals surface area contributed by atoms with E-state index < -0.39 is 0 Å². The highest BCUT2D eigenvalue weighted by molar-refractivity contribution is 5.99. The number of carbonyl (C=O) groups excluding carboxylic acids is 1. The van der Waals surface area contributed by atoms with E-state index in [0.29, 0.717) is 13.0 Å². The van der Waals surface area contributed by atoms with Crippen molar-refractivity contribution in [1.29, 1.82) is 0 Å². The quantitative estimate of drug-likeness (QED) is 0.865. The molecule has 1 aliphatic carbocycles. The van der Waals surface area contributed by atoms with E-state index in [4.69, 9.17) is 4.74 Å². The summed E-state index contributed by atoms with van der Waals surface area (Å²) in [6, 6.07) is 7.81. The summed E-state index contributed by atoms with van der Waals surface area (Å²) >= 11 is 0. The van der Waals surface area contributed by atoms with Gasteiger partial charge >= 0.3 is 0 Å². The highest BCUT2D eigenvalue weighted by Gasteiger charge is 2.20. The zero-order valence-corrected chi connectivity index (χ0v) is 12.6. The molecule has 0 saturated heterocycles. The molecule has 0 radical (unpaired) electrons. The number of Topliss-reactive ketones (excluding diaryl/α,β-unsaturated/α-hetero) is 1. The summed E-state index contributed by atoms with van der Waals surface area (Å²) in [5.74, 6) is 1.07. The van der Waals surface area contributed by atoms with Crippen molar-refractivity contribution in [1.82, 2.24) is 9.78 Å². The van der Waals surface area contributed by atoms with Gasteiger partial charge in [-0.1, -0.05) is 12.1 Å². The first kappa shape index (κ1) is 13.9. The second kappa shape index (κ2) is 5.72. The predicted octanol–water partition coefficient (Wildman–Crippen LogP) is 3.31. The first-order chi connectivity index (χ1) is 10.2. The third-order valence-electron chi connectivity index (χ3n) is 3.92. The molecule has 21 heavy (non-hydrogen) atoms. The summed E-state index contributed by atoms with van der Waals surface area (Å²) < 4.78 is 7.94. The Balaban J connectivity index is 1.82. The highest BCUT2D eigenvalue weighted by atomic mass is 16.5. The topological polar surface area (TPSA) is 44.1 Å². The van der Waals surface area contributed by atoms with Crippen LogP contribution in [0.5, 0.6) is 5.75 Å². The van der Waals surface area contributed by atoms with Crippen molar-refractivity contribution in [3.63, 3.8) is 0 Å². The summed E-state index contributed by atoms with van der Waals surface area (Å²) in [4.78, 5) is 11.9. The van der Waals surface area contributed by atoms with Crippen LogP contribution in [-0.2, 0) is 19.6 Å². The predicted molar refractivity (Wildman–Crippen MR) is 80.7 cm³/mol. The van der Waals surface area contributed by atoms with Gasteiger partial charge in [-0.3, -0.25) is 9.48 Å². The van der Waals surface area contributed by atoms with E-state index in [-0.39, 0.29) is 5.78 Å². The first-order valence-corrected chi connectivity index (χ1v) is 7.50. The molecule has 4 heteroatoms. The van der Waals surface area contributed by atoms with E-state index >= 15 is 0 Å². The number of fused-ring (bicyclic) bond motifs is 1. The van der Waals surface area contributed by atoms with Crippen LogP contribution in [0.2, 0.25) is 0 Å². The monoisotopic (exact) mass is 284 g/mol. The number of carbonyl (C=O) groups is 1. The van der Waals surface area contributed by atoms with Crippen molar-refractivity contribution in [2.75, 3.05) is 0 Å². The van der Waals surface area contributed by atoms with Gasteiger partial charge in [0.05, 0.1) is 11.4 Å². The number of ketones is 1. The number of hydrogen-bond acceptors (Lipinski definition) is 3. The molecular formula is C17H20N2O2. The molecule has 0 fully saturated rings. The van der Waals surface area contributed by atoms with Crippen molar-refractivity contribution in [2.24, 2.45) is 0 Å². The van der Waals surface area contributed by atoms with Crippen molar-refractivity contribution in [2.45, 2.75) is 46.3 Å². The van der Waals surface area contributed by atoms with Gasteiger partial charge in [-0.05, 0) is 38.8 Å². The molecule has 110 valence electrons. The van der Waals surface area contributed by atoms with E-state index in [1.54, 1.807) is 0 Å². The molecule has 1 aliphatic rings. The number of ether oxygens (including phenoxy) is 1. The fraction of sp³-hybridized carbons (Fsp3) is 0.412. The van der Waals surface area contributed by atoms with Crippen LogP contribution in [-0.4, -0.2) is 15.6 Å². The van der Waals surface area contributed by atoms with Crippen LogP contribution in [0.25, 0.3) is 0 Å². The van der Waals surface area contributed by atoms with E-state index in [1.807, 2.05) is 35.9 Å². The molecule has 1 aromatic carbocycles. The minimum Gasteiger partial charge on any atom is -0.487 e. The normalized spacial score (nSPS) is 14.1. The van der Waals surface area contributed by atoms with Gasteiger partial charge in [0.25, 0.3) is 0 Å². The summed E-state index contributed by atoms with van der Waals surface area (Å²) in [6.07, 6.45) is 2.49. The van der Waals surface area contributed by atoms with Crippen LogP contribution in [0.4, 0.5) is 0 Å². The maximum atomic E-state index is 11.9. The van der Waals surface area contributed by atoms with Gasteiger partial charge in [-0.25, -0.2) is 0 Å². The van der Waals surface area contributed by atoms with Gasteiger partial charge < -0.3 is 4.74 Å². The molecule has 1 aromatic heterocycles. The second-order valence-electron chi connectivity index (χ2n) is 5.44. The van der Waals surface area contributed by atoms with E-state index in [2.05, 4.69) is 12.0 Å². The van der Waals surface area contributed by atoms with Gasteiger partial charge in [0.2, 0.25) is 0 Å². The summed E-state index contributed by atoms with van der Waals surface area (Å²) in [7, 11) is 0. The van der Waals surface area contributed by atoms with Gasteiger partial charge in [0.1, 0.15) is 12.4 Å². The second-order valence-corrected chi connectivity index (χ2v) is 5.44. The molecule has 0 atom stereocenters. The fourth-order valence-electron chi connectivity index (χ4n) is 2.92. The lowest BCUT2D eigenvalue weighted by molar-refractivity contribution is 0.0971. The lowest BCUT2D eigenvalue weighted by Gasteiger charge is -2.18. The average Bonchev–Trinajstić information content (AvgIpc) is 2.86. The van der Waals surface area contributed by atoms with E-state index in [9.17, 15) is 4.79 Å². The molecule has 0 amide bonds. The lowest BCUT2D eigenvalue weighted by Crippen LogP contribution is -2.13. The van der Waals surface area contributed by atoms with Crippen LogP contribution in [0.1, 0.15) is 47.1 Å². The Labute approximate surface area is 124 Å². The Hall–Kier alpha value is -2.10. The van der Waals surface area contributed by atoms with Crippen LogP contribution < -0.4 is 4.74 Å². The minimum atomic E-state index is 0.233. The summed E-state index contributed by atoms with van der Waals surface area (Å²) in [5, 5.41) is 4.42. The molecule has 0 spiro atoms. The van der Waals surface area contributed by atoms with E-state index in [1.165, 1.54) is 0 Å². The smallest absolute Gasteiger partial charge is 0.163 e. The molecule has 2 aromatic rings. The van der Waals surface area contributed by atoms with Crippen molar-refractivity contribution in [3.05, 3.63) is 46.8 Å². The molecular weight excluding hydrogens is 264 g/mol. The number of nitrogens with zero attached hydrogens (tertiary/aromatic N) is 2. The number of aryl methyl sites for hydroxylation is 2. The minimum absolute atomic E-state index is 0.233. The standard InChI is InChI=1S/C17H20N2O2/c1-3-19-13(10-12(2)18-19)11-21-17-9-5-6-14-15(17)7-4-8-16(14)20/h5-6,9-10H,3-4,7-8,11H2,1-2H3. The van der Waals surface area contributed by atoms with Crippen LogP contribution >= 0.6 is 0 Å². The Kier molecular flexibility index (Phi) is 3.78. The van der Waals surface area contributed by atoms with Gasteiger partial charge in [-0.15, -0.1) is 0 Å². The van der Waals surface area contributed by atoms with Crippen molar-refractivity contribution in [3.8, 4) is 5.75 Å². The molecule has 0 aliphatic heterocycles. The van der Waals surface area contributed by atoms with Crippen molar-refractivity contribution >= 4 is 5.78 Å². The molecule has 3 rings (SSSR count). The molecule has 0 bridgehead atoms. The summed E-state index contributed by atoms with van der Waals surface area (Å²) in [6.45, 7) is 5.37. The zero-order valence-electron chi connectivity index (χ0n) is 12.6. The maximum Gasteiger partial charge on any atom is 0.163 e. The largest absolute Gasteiger partial charge is 0.487 e. The van der Waals surface area contributed by atoms with Gasteiger partial charge in [-0.2, -0.15) is 5.10 Å². The number of rotatable bonds is 4. The van der Waals surface area contributed by atoms with Crippen LogP contribution in [0.15, 0.2) is 24.3 Å². The number of benzene rings is 1. The molecule has 0 N–H and O–H groups in total. The number of aromatic nitrogens is 2. The molecule has 1 heterocycles. The van der Waals surface area contributed by atoms with E-state index in [0.717, 1.165) is 47.7 Å². The zero-order chi connectivity index (χ0) is 14.8. The van der Waals surface area contributed by atoms with Crippen molar-refractivity contribution < 1.29 is 9.53 Å². The Bertz CT molecular complexity index is 673. The molecule has 0 saturated carbocycles. The summed E-state index contributed by atoms with van der Waals surface area (Å²) in [5.41, 5.74) is 3.96. The molecule has 0 unspecified atom stereocenters. The first-order valence-electron chi connectivity index (χ1n) is 7.50. The SMILES string of the molecule is CCn1nc(C)cc1COc1cccc2c1CCCC2=O. The Morgan fingerprint density at radius 2 is 2.19 bits per heavy atom. The lowest BCUT2D eigenvalue weighted by atomic mass is 9.90. The van der Waals surface area contributed by atoms with Crippen LogP contribution in [0.3, 0.4) is 0 Å². The fourth-order valence-corrected chi connectivity index (χ4v) is 2.92. The van der Waals surface area contributed by atoms with Gasteiger partial charge in [0.15, 0.2) is 5.78 Å². The highest BCUT2D eigenvalue weighted by Crippen LogP contribution is 2.30. The van der Waals surface area contributed by atoms with Crippen LogP contribution in [0, 0.1) is 6.92 Å². The molecule has 4 nitrogen and oxygen atoms in total. The third-order valence-corrected chi connectivity index (χ3v) is 3.92. The Morgan fingerprint density at radius 3 is 3.00 bits per heavy atom. The number of hydrogen-bond donors (Lipinski definition) is 0. The van der Waals surface area contributed by atoms with Gasteiger partial charge in [0, 0.05) is 24.1 Å². The maximum absolute atomic E-state index is 11.9.